The van der Waals surface area contributed by atoms with Gasteiger partial charge in [0.25, 0.3) is 0 Å². The molecule has 0 aliphatic rings. The molecule has 1 aromatic heterocycles. The smallest absolute Gasteiger partial charge is 0.203 e. The standard InChI is InChI=1S/C10H19N3S3/c11-9-12-13-10(16-9)15-8-6-4-2-1-3-5-7-14/h14H,1-8H2,(H2,11,12). The predicted molar refractivity (Wildman–Crippen MR) is 76.6 cm³/mol. The number of nitrogens with zero attached hydrogens (tertiary/aromatic N) is 2. The van der Waals surface area contributed by atoms with Crippen molar-refractivity contribution in [2.75, 3.05) is 17.2 Å². The Morgan fingerprint density at radius 3 is 2.38 bits per heavy atom. The van der Waals surface area contributed by atoms with E-state index < -0.39 is 0 Å². The summed E-state index contributed by atoms with van der Waals surface area (Å²) < 4.78 is 0.993. The zero-order valence-electron chi connectivity index (χ0n) is 9.39. The van der Waals surface area contributed by atoms with E-state index in [9.17, 15) is 0 Å². The fraction of sp³-hybridized carbons (Fsp3) is 0.800. The zero-order chi connectivity index (χ0) is 11.6. The summed E-state index contributed by atoms with van der Waals surface area (Å²) in [5.41, 5.74) is 5.50. The quantitative estimate of drug-likeness (QED) is 0.412. The van der Waals surface area contributed by atoms with E-state index in [2.05, 4.69) is 22.8 Å². The Balaban J connectivity index is 1.88. The van der Waals surface area contributed by atoms with E-state index in [1.54, 1.807) is 11.8 Å². The van der Waals surface area contributed by atoms with Gasteiger partial charge in [-0.25, -0.2) is 0 Å². The molecular weight excluding hydrogens is 258 g/mol. The summed E-state index contributed by atoms with van der Waals surface area (Å²) in [6, 6.07) is 0. The normalized spacial score (nSPS) is 10.8. The van der Waals surface area contributed by atoms with Gasteiger partial charge in [-0.2, -0.15) is 12.6 Å². The van der Waals surface area contributed by atoms with Crippen LogP contribution in [0.4, 0.5) is 5.13 Å². The second-order valence-electron chi connectivity index (χ2n) is 3.60. The Morgan fingerprint density at radius 1 is 1.06 bits per heavy atom. The third-order valence-corrected chi connectivity index (χ3v) is 4.49. The molecule has 92 valence electrons. The molecule has 6 heteroatoms. The van der Waals surface area contributed by atoms with Crippen LogP contribution in [0.15, 0.2) is 4.34 Å². The summed E-state index contributed by atoms with van der Waals surface area (Å²) in [5.74, 6) is 2.15. The molecule has 2 N–H and O–H groups in total. The van der Waals surface area contributed by atoms with Crippen LogP contribution in [0.5, 0.6) is 0 Å². The first-order valence-electron chi connectivity index (χ1n) is 5.65. The van der Waals surface area contributed by atoms with Gasteiger partial charge in [0.05, 0.1) is 0 Å². The summed E-state index contributed by atoms with van der Waals surface area (Å²) >= 11 is 7.43. The number of thioether (sulfide) groups is 1. The van der Waals surface area contributed by atoms with Gasteiger partial charge in [-0.05, 0) is 18.6 Å². The third-order valence-electron chi connectivity index (χ3n) is 2.20. The first kappa shape index (κ1) is 14.1. The second kappa shape index (κ2) is 9.13. The van der Waals surface area contributed by atoms with Crippen molar-refractivity contribution in [2.45, 2.75) is 42.9 Å². The molecule has 0 saturated carbocycles. The lowest BCUT2D eigenvalue weighted by Crippen LogP contribution is -1.83. The van der Waals surface area contributed by atoms with Gasteiger partial charge in [0.1, 0.15) is 0 Å². The fourth-order valence-electron chi connectivity index (χ4n) is 1.36. The third kappa shape index (κ3) is 6.60. The molecule has 0 amide bonds. The van der Waals surface area contributed by atoms with Crippen LogP contribution in [0.1, 0.15) is 38.5 Å². The van der Waals surface area contributed by atoms with Gasteiger partial charge in [0, 0.05) is 5.75 Å². The molecule has 1 rings (SSSR count). The lowest BCUT2D eigenvalue weighted by Gasteiger charge is -1.99. The van der Waals surface area contributed by atoms with Gasteiger partial charge in [0.2, 0.25) is 5.13 Å². The number of hydrogen-bond donors (Lipinski definition) is 2. The average Bonchev–Trinajstić information content (AvgIpc) is 2.68. The van der Waals surface area contributed by atoms with Gasteiger partial charge >= 0.3 is 0 Å². The van der Waals surface area contributed by atoms with Gasteiger partial charge in [-0.3, -0.25) is 0 Å². The molecule has 0 fully saturated rings. The van der Waals surface area contributed by atoms with Gasteiger partial charge < -0.3 is 5.73 Å². The van der Waals surface area contributed by atoms with Crippen molar-refractivity contribution in [3.8, 4) is 0 Å². The van der Waals surface area contributed by atoms with Crippen molar-refractivity contribution < 1.29 is 0 Å². The molecule has 3 nitrogen and oxygen atoms in total. The molecule has 0 spiro atoms. The van der Waals surface area contributed by atoms with Crippen LogP contribution in [0.25, 0.3) is 0 Å². The molecule has 0 aliphatic heterocycles. The molecule has 0 unspecified atom stereocenters. The highest BCUT2D eigenvalue weighted by atomic mass is 32.2. The highest BCUT2D eigenvalue weighted by Gasteiger charge is 2.00. The molecule has 0 aromatic carbocycles. The van der Waals surface area contributed by atoms with Crippen LogP contribution < -0.4 is 5.73 Å². The SMILES string of the molecule is Nc1nnc(SCCCCCCCCS)s1. The number of unbranched alkanes of at least 4 members (excludes halogenated alkanes) is 5. The topological polar surface area (TPSA) is 51.8 Å². The molecule has 0 saturated heterocycles. The van der Waals surface area contributed by atoms with E-state index in [0.717, 1.165) is 15.8 Å². The monoisotopic (exact) mass is 277 g/mol. The van der Waals surface area contributed by atoms with Crippen molar-refractivity contribution in [1.29, 1.82) is 0 Å². The predicted octanol–water partition coefficient (Wildman–Crippen LogP) is 3.48. The Bertz CT molecular complexity index is 278. The number of thiol groups is 1. The fourth-order valence-corrected chi connectivity index (χ4v) is 3.29. The van der Waals surface area contributed by atoms with Gasteiger partial charge in [-0.1, -0.05) is 48.8 Å². The van der Waals surface area contributed by atoms with Crippen molar-refractivity contribution in [1.82, 2.24) is 10.2 Å². The summed E-state index contributed by atoms with van der Waals surface area (Å²) in [6.07, 6.45) is 7.83. The van der Waals surface area contributed by atoms with Crippen molar-refractivity contribution in [3.05, 3.63) is 0 Å². The van der Waals surface area contributed by atoms with Crippen molar-refractivity contribution in [3.63, 3.8) is 0 Å². The molecule has 1 aromatic rings. The van der Waals surface area contributed by atoms with Gasteiger partial charge in [0.15, 0.2) is 4.34 Å². The van der Waals surface area contributed by atoms with Crippen molar-refractivity contribution >= 4 is 40.9 Å². The first-order chi connectivity index (χ1) is 7.83. The van der Waals surface area contributed by atoms with E-state index >= 15 is 0 Å². The van der Waals surface area contributed by atoms with E-state index in [4.69, 9.17) is 5.73 Å². The van der Waals surface area contributed by atoms with E-state index in [1.165, 1.54) is 49.9 Å². The molecule has 16 heavy (non-hydrogen) atoms. The van der Waals surface area contributed by atoms with Crippen LogP contribution in [0, 0.1) is 0 Å². The summed E-state index contributed by atoms with van der Waals surface area (Å²) in [6.45, 7) is 0. The molecular formula is C10H19N3S3. The molecule has 0 aliphatic carbocycles. The van der Waals surface area contributed by atoms with E-state index in [1.807, 2.05) is 0 Å². The Kier molecular flexibility index (Phi) is 8.06. The number of rotatable bonds is 9. The molecule has 1 heterocycles. The summed E-state index contributed by atoms with van der Waals surface area (Å²) in [7, 11) is 0. The second-order valence-corrected chi connectivity index (χ2v) is 6.40. The molecule has 0 atom stereocenters. The highest BCUT2D eigenvalue weighted by molar-refractivity contribution is 8.01. The zero-order valence-corrected chi connectivity index (χ0v) is 11.9. The number of nitrogens with two attached hydrogens (primary N) is 1. The maximum Gasteiger partial charge on any atom is 0.203 e. The Hall–Kier alpha value is 0.0600. The minimum Gasteiger partial charge on any atom is -0.374 e. The molecule has 0 bridgehead atoms. The summed E-state index contributed by atoms with van der Waals surface area (Å²) in [5, 5.41) is 8.32. The minimum atomic E-state index is 0.564. The largest absolute Gasteiger partial charge is 0.374 e. The maximum atomic E-state index is 5.50. The van der Waals surface area contributed by atoms with Crippen molar-refractivity contribution in [2.24, 2.45) is 0 Å². The lowest BCUT2D eigenvalue weighted by atomic mass is 10.1. The maximum absolute atomic E-state index is 5.50. The highest BCUT2D eigenvalue weighted by Crippen LogP contribution is 2.24. The Labute approximate surface area is 111 Å². The number of hydrogen-bond acceptors (Lipinski definition) is 6. The first-order valence-corrected chi connectivity index (χ1v) is 8.09. The van der Waals surface area contributed by atoms with Crippen LogP contribution in [0.3, 0.4) is 0 Å². The number of anilines is 1. The van der Waals surface area contributed by atoms with Crippen LogP contribution >= 0.6 is 35.7 Å². The number of nitrogen functional groups attached to an aromatic ring is 1. The van der Waals surface area contributed by atoms with Crippen LogP contribution in [-0.4, -0.2) is 21.7 Å². The van der Waals surface area contributed by atoms with E-state index in [0.29, 0.717) is 5.13 Å². The molecule has 0 radical (unpaired) electrons. The van der Waals surface area contributed by atoms with Crippen LogP contribution in [-0.2, 0) is 0 Å². The average molecular weight is 277 g/mol. The lowest BCUT2D eigenvalue weighted by molar-refractivity contribution is 0.629. The minimum absolute atomic E-state index is 0.564. The van der Waals surface area contributed by atoms with Gasteiger partial charge in [-0.15, -0.1) is 10.2 Å². The summed E-state index contributed by atoms with van der Waals surface area (Å²) in [4.78, 5) is 0. The van der Waals surface area contributed by atoms with E-state index in [-0.39, 0.29) is 0 Å². The Morgan fingerprint density at radius 2 is 1.75 bits per heavy atom. The number of aromatic nitrogens is 2. The van der Waals surface area contributed by atoms with Crippen LogP contribution in [0.2, 0.25) is 0 Å².